The highest BCUT2D eigenvalue weighted by molar-refractivity contribution is 5.88. The number of carbonyl (C=O) groups excluding carboxylic acids is 2. The topological polar surface area (TPSA) is 55.8 Å². The number of anilines is 3. The van der Waals surface area contributed by atoms with Crippen molar-refractivity contribution in [2.45, 2.75) is 53.4 Å². The quantitative estimate of drug-likeness (QED) is 0.124. The third-order valence-electron chi connectivity index (χ3n) is 6.67. The highest BCUT2D eigenvalue weighted by Gasteiger charge is 2.13. The fourth-order valence-electron chi connectivity index (χ4n) is 4.01. The number of carbonyl (C=O) groups is 2. The van der Waals surface area contributed by atoms with E-state index in [2.05, 4.69) is 29.2 Å². The maximum atomic E-state index is 13.7. The standard InChI is InChI=1S/C34H38FNO4/c1-5-25(3)33(37)39-23-7-9-27-11-17-30(18-12-27)36(32-21-15-29(35)16-22-32)31-19-13-28(14-20-31)10-8-24-40-34(38)26(4)6-2/h5-6,11-22H,7-10,23-24H2,1-4H3. The van der Waals surface area contributed by atoms with Gasteiger partial charge < -0.3 is 14.4 Å². The molecule has 5 nitrogen and oxygen atoms in total. The smallest absolute Gasteiger partial charge is 0.333 e. The summed E-state index contributed by atoms with van der Waals surface area (Å²) >= 11 is 0. The first-order valence-corrected chi connectivity index (χ1v) is 13.7. The number of rotatable bonds is 13. The van der Waals surface area contributed by atoms with Crippen LogP contribution in [0.3, 0.4) is 0 Å². The fourth-order valence-corrected chi connectivity index (χ4v) is 4.01. The molecule has 0 saturated carbocycles. The number of ether oxygens (including phenoxy) is 2. The second-order valence-corrected chi connectivity index (χ2v) is 9.57. The van der Waals surface area contributed by atoms with Crippen LogP contribution in [0.4, 0.5) is 21.5 Å². The number of aryl methyl sites for hydroxylation is 2. The summed E-state index contributed by atoms with van der Waals surface area (Å²) in [5.74, 6) is -0.839. The summed E-state index contributed by atoms with van der Waals surface area (Å²) in [6.45, 7) is 7.87. The predicted molar refractivity (Wildman–Crippen MR) is 159 cm³/mol. The number of benzene rings is 3. The maximum absolute atomic E-state index is 13.7. The van der Waals surface area contributed by atoms with Gasteiger partial charge in [0.15, 0.2) is 0 Å². The Kier molecular flexibility index (Phi) is 11.7. The van der Waals surface area contributed by atoms with Crippen LogP contribution in [0.2, 0.25) is 0 Å². The molecule has 0 amide bonds. The summed E-state index contributed by atoms with van der Waals surface area (Å²) in [5, 5.41) is 0. The van der Waals surface area contributed by atoms with Gasteiger partial charge in [0.1, 0.15) is 5.82 Å². The Morgan fingerprint density at radius 3 is 1.35 bits per heavy atom. The highest BCUT2D eigenvalue weighted by atomic mass is 19.1. The van der Waals surface area contributed by atoms with Gasteiger partial charge in [-0.05, 0) is 113 Å². The van der Waals surface area contributed by atoms with E-state index in [4.69, 9.17) is 9.47 Å². The molecule has 0 N–H and O–H groups in total. The van der Waals surface area contributed by atoms with Crippen LogP contribution in [0.1, 0.15) is 51.7 Å². The van der Waals surface area contributed by atoms with Gasteiger partial charge in [0.05, 0.1) is 13.2 Å². The van der Waals surface area contributed by atoms with Gasteiger partial charge in [-0.25, -0.2) is 14.0 Å². The number of hydrogen-bond donors (Lipinski definition) is 0. The summed E-state index contributed by atoms with van der Waals surface area (Å²) in [4.78, 5) is 25.7. The summed E-state index contributed by atoms with van der Waals surface area (Å²) in [6.07, 6.45) is 6.54. The minimum atomic E-state index is -0.287. The van der Waals surface area contributed by atoms with E-state index in [0.29, 0.717) is 24.4 Å². The molecule has 0 saturated heterocycles. The summed E-state index contributed by atoms with van der Waals surface area (Å²) in [5.41, 5.74) is 6.25. The average Bonchev–Trinajstić information content (AvgIpc) is 2.98. The molecule has 0 aromatic heterocycles. The van der Waals surface area contributed by atoms with Crippen molar-refractivity contribution in [1.29, 1.82) is 0 Å². The van der Waals surface area contributed by atoms with Gasteiger partial charge in [-0.1, -0.05) is 36.4 Å². The normalized spacial score (nSPS) is 11.7. The Morgan fingerprint density at radius 2 is 1.00 bits per heavy atom. The molecule has 0 aliphatic carbocycles. The number of halogens is 1. The molecule has 0 atom stereocenters. The zero-order chi connectivity index (χ0) is 28.9. The minimum Gasteiger partial charge on any atom is -0.462 e. The third-order valence-corrected chi connectivity index (χ3v) is 6.67. The molecule has 0 spiro atoms. The van der Waals surface area contributed by atoms with Gasteiger partial charge in [0, 0.05) is 28.2 Å². The summed E-state index contributed by atoms with van der Waals surface area (Å²) < 4.78 is 24.3. The Labute approximate surface area is 236 Å². The number of allylic oxidation sites excluding steroid dienone is 2. The molecule has 0 unspecified atom stereocenters. The Bertz CT molecular complexity index is 1230. The number of nitrogens with zero attached hydrogens (tertiary/aromatic N) is 1. The SMILES string of the molecule is CC=C(C)C(=O)OCCCc1ccc(N(c2ccc(F)cc2)c2ccc(CCCOC(=O)C(C)=CC)cc2)cc1. The molecule has 0 heterocycles. The Hall–Kier alpha value is -4.19. The van der Waals surface area contributed by atoms with E-state index in [-0.39, 0.29) is 17.8 Å². The third kappa shape index (κ3) is 8.94. The first kappa shape index (κ1) is 30.4. The van der Waals surface area contributed by atoms with Crippen molar-refractivity contribution in [1.82, 2.24) is 0 Å². The average molecular weight is 544 g/mol. The lowest BCUT2D eigenvalue weighted by Gasteiger charge is -2.26. The van der Waals surface area contributed by atoms with Crippen LogP contribution in [0, 0.1) is 5.82 Å². The maximum Gasteiger partial charge on any atom is 0.333 e. The molecule has 3 rings (SSSR count). The first-order valence-electron chi connectivity index (χ1n) is 13.7. The van der Waals surface area contributed by atoms with E-state index < -0.39 is 0 Å². The molecule has 0 aliphatic heterocycles. The van der Waals surface area contributed by atoms with Crippen molar-refractivity contribution in [2.24, 2.45) is 0 Å². The molecule has 3 aromatic carbocycles. The molecule has 6 heteroatoms. The van der Waals surface area contributed by atoms with Gasteiger partial charge in [0.2, 0.25) is 0 Å². The van der Waals surface area contributed by atoms with E-state index in [1.165, 1.54) is 12.1 Å². The van der Waals surface area contributed by atoms with Crippen molar-refractivity contribution in [3.05, 3.63) is 113 Å². The molecule has 0 aliphatic rings. The van der Waals surface area contributed by atoms with Crippen LogP contribution in [0.5, 0.6) is 0 Å². The fraction of sp³-hybridized carbons (Fsp3) is 0.294. The summed E-state index contributed by atoms with van der Waals surface area (Å²) in [7, 11) is 0. The van der Waals surface area contributed by atoms with Crippen LogP contribution in [-0.2, 0) is 31.9 Å². The Balaban J connectivity index is 1.67. The predicted octanol–water partition coefficient (Wildman–Crippen LogP) is 8.18. The van der Waals surface area contributed by atoms with Crippen molar-refractivity contribution in [2.75, 3.05) is 18.1 Å². The van der Waals surface area contributed by atoms with Crippen LogP contribution in [0.15, 0.2) is 96.1 Å². The second kappa shape index (κ2) is 15.4. The van der Waals surface area contributed by atoms with E-state index in [1.54, 1.807) is 38.1 Å². The molecule has 3 aromatic rings. The van der Waals surface area contributed by atoms with Crippen molar-refractivity contribution >= 4 is 29.0 Å². The molecule has 0 fully saturated rings. The van der Waals surface area contributed by atoms with Crippen LogP contribution in [-0.4, -0.2) is 25.2 Å². The molecular weight excluding hydrogens is 505 g/mol. The number of esters is 2. The Morgan fingerprint density at radius 1 is 0.650 bits per heavy atom. The monoisotopic (exact) mass is 543 g/mol. The highest BCUT2D eigenvalue weighted by Crippen LogP contribution is 2.35. The van der Waals surface area contributed by atoms with Crippen molar-refractivity contribution in [3.8, 4) is 0 Å². The molecule has 0 bridgehead atoms. The van der Waals surface area contributed by atoms with E-state index >= 15 is 0 Å². The van der Waals surface area contributed by atoms with Crippen LogP contribution < -0.4 is 4.90 Å². The van der Waals surface area contributed by atoms with Crippen molar-refractivity contribution < 1.29 is 23.5 Å². The molecule has 210 valence electrons. The van der Waals surface area contributed by atoms with Crippen LogP contribution in [0.25, 0.3) is 0 Å². The van der Waals surface area contributed by atoms with Crippen LogP contribution >= 0.6 is 0 Å². The van der Waals surface area contributed by atoms with Gasteiger partial charge >= 0.3 is 11.9 Å². The second-order valence-electron chi connectivity index (χ2n) is 9.57. The molecule has 40 heavy (non-hydrogen) atoms. The van der Waals surface area contributed by atoms with Crippen molar-refractivity contribution in [3.63, 3.8) is 0 Å². The van der Waals surface area contributed by atoms with E-state index in [0.717, 1.165) is 53.9 Å². The van der Waals surface area contributed by atoms with E-state index in [9.17, 15) is 14.0 Å². The van der Waals surface area contributed by atoms with Gasteiger partial charge in [-0.15, -0.1) is 0 Å². The minimum absolute atomic E-state index is 0.276. The van der Waals surface area contributed by atoms with Gasteiger partial charge in [-0.3, -0.25) is 0 Å². The zero-order valence-corrected chi connectivity index (χ0v) is 23.8. The van der Waals surface area contributed by atoms with Gasteiger partial charge in [-0.2, -0.15) is 0 Å². The number of hydrogen-bond acceptors (Lipinski definition) is 5. The summed E-state index contributed by atoms with van der Waals surface area (Å²) in [6, 6.07) is 22.9. The largest absolute Gasteiger partial charge is 0.462 e. The molecular formula is C34H38FNO4. The zero-order valence-electron chi connectivity index (χ0n) is 23.8. The van der Waals surface area contributed by atoms with E-state index in [1.807, 2.05) is 38.1 Å². The first-order chi connectivity index (χ1) is 19.3. The molecule has 0 radical (unpaired) electrons. The lowest BCUT2D eigenvalue weighted by atomic mass is 10.1. The lowest BCUT2D eigenvalue weighted by Crippen LogP contribution is -2.10. The lowest BCUT2D eigenvalue weighted by molar-refractivity contribution is -0.139. The van der Waals surface area contributed by atoms with Gasteiger partial charge in [0.25, 0.3) is 0 Å².